The Balaban J connectivity index is 1.65. The molecule has 1 fully saturated rings. The molecule has 0 aliphatic carbocycles. The van der Waals surface area contributed by atoms with E-state index >= 15 is 0 Å². The van der Waals surface area contributed by atoms with Gasteiger partial charge < -0.3 is 4.90 Å². The van der Waals surface area contributed by atoms with E-state index in [9.17, 15) is 9.18 Å². The SMILES string of the molecule is Cn1ncc(N2CCC(Cc3cccc(F)c3)CC2)c(Cl)c1=O. The van der Waals surface area contributed by atoms with Crippen LogP contribution in [0.5, 0.6) is 0 Å². The van der Waals surface area contributed by atoms with Crippen LogP contribution in [-0.4, -0.2) is 22.9 Å². The van der Waals surface area contributed by atoms with Gasteiger partial charge in [-0.2, -0.15) is 5.10 Å². The molecule has 0 saturated carbocycles. The van der Waals surface area contributed by atoms with Crippen LogP contribution < -0.4 is 10.5 Å². The van der Waals surface area contributed by atoms with E-state index in [1.807, 2.05) is 6.07 Å². The zero-order valence-electron chi connectivity index (χ0n) is 13.0. The number of nitrogens with zero attached hydrogens (tertiary/aromatic N) is 3. The van der Waals surface area contributed by atoms with Crippen molar-refractivity contribution in [2.75, 3.05) is 18.0 Å². The second kappa shape index (κ2) is 6.71. The van der Waals surface area contributed by atoms with Gasteiger partial charge in [-0.25, -0.2) is 9.07 Å². The van der Waals surface area contributed by atoms with Gasteiger partial charge in [0.25, 0.3) is 5.56 Å². The molecule has 6 heteroatoms. The van der Waals surface area contributed by atoms with Gasteiger partial charge in [-0.1, -0.05) is 23.7 Å². The minimum atomic E-state index is -0.272. The van der Waals surface area contributed by atoms with Gasteiger partial charge in [0, 0.05) is 20.1 Å². The summed E-state index contributed by atoms with van der Waals surface area (Å²) in [6.07, 6.45) is 4.51. The molecular formula is C17H19ClFN3O. The quantitative estimate of drug-likeness (QED) is 0.865. The molecule has 2 aromatic rings. The standard InChI is InChI=1S/C17H19ClFN3O/c1-21-17(23)16(18)15(11-20-21)22-7-5-12(6-8-22)9-13-3-2-4-14(19)10-13/h2-4,10-12H,5-9H2,1H3. The summed E-state index contributed by atoms with van der Waals surface area (Å²) < 4.78 is 14.5. The number of piperidine rings is 1. The number of rotatable bonds is 3. The van der Waals surface area contributed by atoms with Gasteiger partial charge in [0.15, 0.2) is 0 Å². The highest BCUT2D eigenvalue weighted by atomic mass is 35.5. The second-order valence-corrected chi connectivity index (χ2v) is 6.41. The smallest absolute Gasteiger partial charge is 0.287 e. The number of hydrogen-bond donors (Lipinski definition) is 0. The van der Waals surface area contributed by atoms with E-state index in [0.717, 1.165) is 37.9 Å². The first-order valence-electron chi connectivity index (χ1n) is 7.76. The summed E-state index contributed by atoms with van der Waals surface area (Å²) in [4.78, 5) is 14.0. The highest BCUT2D eigenvalue weighted by Gasteiger charge is 2.22. The van der Waals surface area contributed by atoms with Crippen LogP contribution in [0.4, 0.5) is 10.1 Å². The summed E-state index contributed by atoms with van der Waals surface area (Å²) in [5.41, 5.74) is 1.47. The first-order valence-corrected chi connectivity index (χ1v) is 8.13. The Morgan fingerprint density at radius 2 is 2.09 bits per heavy atom. The van der Waals surface area contributed by atoms with Crippen molar-refractivity contribution in [3.8, 4) is 0 Å². The summed E-state index contributed by atoms with van der Waals surface area (Å²) in [5.74, 6) is 0.337. The van der Waals surface area contributed by atoms with Crippen molar-refractivity contribution < 1.29 is 4.39 Å². The van der Waals surface area contributed by atoms with Crippen LogP contribution in [0.25, 0.3) is 0 Å². The Labute approximate surface area is 139 Å². The Bertz CT molecular complexity index is 754. The lowest BCUT2D eigenvalue weighted by molar-refractivity contribution is 0.402. The van der Waals surface area contributed by atoms with Crippen LogP contribution in [0, 0.1) is 11.7 Å². The molecule has 1 aromatic carbocycles. The Morgan fingerprint density at radius 1 is 1.35 bits per heavy atom. The van der Waals surface area contributed by atoms with E-state index in [2.05, 4.69) is 10.00 Å². The van der Waals surface area contributed by atoms with Crippen molar-refractivity contribution >= 4 is 17.3 Å². The molecular weight excluding hydrogens is 317 g/mol. The number of anilines is 1. The predicted octanol–water partition coefficient (Wildman–Crippen LogP) is 3.03. The molecule has 0 bridgehead atoms. The number of halogens is 2. The topological polar surface area (TPSA) is 38.1 Å². The molecule has 1 aromatic heterocycles. The molecule has 0 amide bonds. The fourth-order valence-corrected chi connectivity index (χ4v) is 3.39. The van der Waals surface area contributed by atoms with Crippen molar-refractivity contribution in [2.45, 2.75) is 19.3 Å². The minimum Gasteiger partial charge on any atom is -0.369 e. The molecule has 23 heavy (non-hydrogen) atoms. The summed E-state index contributed by atoms with van der Waals surface area (Å²) >= 11 is 6.16. The third-order valence-electron chi connectivity index (χ3n) is 4.43. The summed E-state index contributed by atoms with van der Waals surface area (Å²) in [7, 11) is 1.59. The first kappa shape index (κ1) is 16.0. The largest absolute Gasteiger partial charge is 0.369 e. The maximum absolute atomic E-state index is 13.3. The predicted molar refractivity (Wildman–Crippen MR) is 89.5 cm³/mol. The number of benzene rings is 1. The summed E-state index contributed by atoms with van der Waals surface area (Å²) in [6.45, 7) is 1.66. The van der Waals surface area contributed by atoms with Crippen molar-refractivity contribution in [1.29, 1.82) is 0 Å². The van der Waals surface area contributed by atoms with Crippen molar-refractivity contribution in [3.63, 3.8) is 0 Å². The van der Waals surface area contributed by atoms with E-state index in [1.54, 1.807) is 25.4 Å². The lowest BCUT2D eigenvalue weighted by atomic mass is 9.90. The lowest BCUT2D eigenvalue weighted by Gasteiger charge is -2.33. The van der Waals surface area contributed by atoms with Crippen molar-refractivity contribution in [1.82, 2.24) is 9.78 Å². The fourth-order valence-electron chi connectivity index (χ4n) is 3.10. The molecule has 0 atom stereocenters. The van der Waals surface area contributed by atoms with Gasteiger partial charge in [0.1, 0.15) is 10.8 Å². The Morgan fingerprint density at radius 3 is 2.78 bits per heavy atom. The maximum atomic E-state index is 13.3. The molecule has 122 valence electrons. The highest BCUT2D eigenvalue weighted by molar-refractivity contribution is 6.33. The van der Waals surface area contributed by atoms with Gasteiger partial charge in [-0.15, -0.1) is 0 Å². The van der Waals surface area contributed by atoms with Crippen LogP contribution >= 0.6 is 11.6 Å². The number of aromatic nitrogens is 2. The highest BCUT2D eigenvalue weighted by Crippen LogP contribution is 2.28. The third-order valence-corrected chi connectivity index (χ3v) is 4.78. The van der Waals surface area contributed by atoms with E-state index in [1.165, 1.54) is 10.7 Å². The zero-order valence-corrected chi connectivity index (χ0v) is 13.8. The van der Waals surface area contributed by atoms with Gasteiger partial charge in [0.2, 0.25) is 0 Å². The minimum absolute atomic E-state index is 0.182. The molecule has 0 radical (unpaired) electrons. The van der Waals surface area contributed by atoms with E-state index < -0.39 is 0 Å². The van der Waals surface area contributed by atoms with Gasteiger partial charge in [-0.05, 0) is 42.9 Å². The molecule has 0 unspecified atom stereocenters. The van der Waals surface area contributed by atoms with Crippen molar-refractivity contribution in [3.05, 3.63) is 57.2 Å². The number of aryl methyl sites for hydroxylation is 1. The lowest BCUT2D eigenvalue weighted by Crippen LogP contribution is -2.36. The molecule has 1 aliphatic heterocycles. The molecule has 1 aliphatic rings. The van der Waals surface area contributed by atoms with Gasteiger partial charge >= 0.3 is 0 Å². The number of hydrogen-bond acceptors (Lipinski definition) is 3. The van der Waals surface area contributed by atoms with E-state index in [0.29, 0.717) is 11.6 Å². The fraction of sp³-hybridized carbons (Fsp3) is 0.412. The van der Waals surface area contributed by atoms with Crippen LogP contribution in [-0.2, 0) is 13.5 Å². The monoisotopic (exact) mass is 335 g/mol. The van der Waals surface area contributed by atoms with Crippen LogP contribution in [0.2, 0.25) is 5.02 Å². The molecule has 4 nitrogen and oxygen atoms in total. The summed E-state index contributed by atoms with van der Waals surface area (Å²) in [5, 5.41) is 4.28. The molecule has 0 spiro atoms. The summed E-state index contributed by atoms with van der Waals surface area (Å²) in [6, 6.07) is 6.80. The Hall–Kier alpha value is -1.88. The average Bonchev–Trinajstić information content (AvgIpc) is 2.54. The van der Waals surface area contributed by atoms with E-state index in [-0.39, 0.29) is 16.4 Å². The van der Waals surface area contributed by atoms with Gasteiger partial charge in [0.05, 0.1) is 11.9 Å². The molecule has 0 N–H and O–H groups in total. The third kappa shape index (κ3) is 3.55. The normalized spacial score (nSPS) is 15.9. The van der Waals surface area contributed by atoms with E-state index in [4.69, 9.17) is 11.6 Å². The van der Waals surface area contributed by atoms with Crippen LogP contribution in [0.1, 0.15) is 18.4 Å². The average molecular weight is 336 g/mol. The molecule has 1 saturated heterocycles. The Kier molecular flexibility index (Phi) is 4.66. The second-order valence-electron chi connectivity index (χ2n) is 6.04. The van der Waals surface area contributed by atoms with Crippen molar-refractivity contribution in [2.24, 2.45) is 13.0 Å². The molecule has 3 rings (SSSR count). The molecule has 2 heterocycles. The van der Waals surface area contributed by atoms with Crippen LogP contribution in [0.15, 0.2) is 35.3 Å². The van der Waals surface area contributed by atoms with Crippen LogP contribution in [0.3, 0.4) is 0 Å². The first-order chi connectivity index (χ1) is 11.0. The van der Waals surface area contributed by atoms with Gasteiger partial charge in [-0.3, -0.25) is 4.79 Å². The zero-order chi connectivity index (χ0) is 16.4. The maximum Gasteiger partial charge on any atom is 0.287 e.